The van der Waals surface area contributed by atoms with Gasteiger partial charge in [-0.1, -0.05) is 11.6 Å². The Bertz CT molecular complexity index is 372. The summed E-state index contributed by atoms with van der Waals surface area (Å²) in [6.07, 6.45) is 2.60. The Morgan fingerprint density at radius 1 is 1.31 bits per heavy atom. The Balaban J connectivity index is 2.16. The first-order valence-electron chi connectivity index (χ1n) is 5.75. The van der Waals surface area contributed by atoms with Crippen molar-refractivity contribution in [1.82, 2.24) is 0 Å². The number of aryl methyl sites for hydroxylation is 2. The molecule has 1 aliphatic carbocycles. The highest BCUT2D eigenvalue weighted by molar-refractivity contribution is 5.43. The van der Waals surface area contributed by atoms with Crippen molar-refractivity contribution in [2.45, 2.75) is 33.3 Å². The Morgan fingerprint density at radius 3 is 2.69 bits per heavy atom. The molecule has 2 rings (SSSR count). The molecule has 1 aliphatic rings. The van der Waals surface area contributed by atoms with E-state index in [2.05, 4.69) is 26.0 Å². The lowest BCUT2D eigenvalue weighted by Crippen LogP contribution is -2.07. The first-order valence-corrected chi connectivity index (χ1v) is 5.75. The Morgan fingerprint density at radius 2 is 2.06 bits per heavy atom. The molecule has 3 heteroatoms. The second kappa shape index (κ2) is 4.85. The van der Waals surface area contributed by atoms with E-state index in [1.54, 1.807) is 0 Å². The van der Waals surface area contributed by atoms with Crippen LogP contribution in [-0.2, 0) is 11.4 Å². The summed E-state index contributed by atoms with van der Waals surface area (Å²) in [6, 6.07) is 4.20. The van der Waals surface area contributed by atoms with Gasteiger partial charge in [0.05, 0.1) is 13.2 Å². The van der Waals surface area contributed by atoms with E-state index in [9.17, 15) is 0 Å². The molecule has 0 radical (unpaired) electrons. The van der Waals surface area contributed by atoms with Crippen LogP contribution in [0.4, 0.5) is 0 Å². The summed E-state index contributed by atoms with van der Waals surface area (Å²) < 4.78 is 5.86. The average molecular weight is 221 g/mol. The van der Waals surface area contributed by atoms with Crippen molar-refractivity contribution in [3.63, 3.8) is 0 Å². The second-order valence-electron chi connectivity index (χ2n) is 4.64. The minimum absolute atomic E-state index is 0.405. The third kappa shape index (κ3) is 2.74. The summed E-state index contributed by atoms with van der Waals surface area (Å²) in [5.41, 5.74) is 3.41. The topological polar surface area (TPSA) is 44.5 Å². The molecule has 1 fully saturated rings. The second-order valence-corrected chi connectivity index (χ2v) is 4.64. The standard InChI is InChI=1S/C13H19NO2/c1-9-5-10(2)13(12(6-9)8-16-14)15-7-11-3-4-11/h5-6,11H,3-4,7-8,14H2,1-2H3. The maximum Gasteiger partial charge on any atom is 0.127 e. The lowest BCUT2D eigenvalue weighted by atomic mass is 10.1. The van der Waals surface area contributed by atoms with Crippen LogP contribution in [0.25, 0.3) is 0 Å². The summed E-state index contributed by atoms with van der Waals surface area (Å²) in [5.74, 6) is 6.85. The van der Waals surface area contributed by atoms with E-state index in [-0.39, 0.29) is 0 Å². The van der Waals surface area contributed by atoms with Gasteiger partial charge in [-0.3, -0.25) is 4.84 Å². The number of benzene rings is 1. The molecule has 0 unspecified atom stereocenters. The van der Waals surface area contributed by atoms with E-state index < -0.39 is 0 Å². The molecule has 0 spiro atoms. The molecule has 1 aromatic carbocycles. The van der Waals surface area contributed by atoms with Crippen molar-refractivity contribution in [2.75, 3.05) is 6.61 Å². The molecule has 1 aromatic rings. The third-order valence-electron chi connectivity index (χ3n) is 2.90. The molecule has 3 nitrogen and oxygen atoms in total. The van der Waals surface area contributed by atoms with Crippen LogP contribution in [0.3, 0.4) is 0 Å². The highest BCUT2D eigenvalue weighted by atomic mass is 16.6. The van der Waals surface area contributed by atoms with Gasteiger partial charge < -0.3 is 4.74 Å². The summed E-state index contributed by atoms with van der Waals surface area (Å²) in [5, 5.41) is 0. The molecular formula is C13H19NO2. The predicted octanol–water partition coefficient (Wildman–Crippen LogP) is 2.48. The van der Waals surface area contributed by atoms with Gasteiger partial charge >= 0.3 is 0 Å². The molecule has 0 atom stereocenters. The summed E-state index contributed by atoms with van der Waals surface area (Å²) in [7, 11) is 0. The summed E-state index contributed by atoms with van der Waals surface area (Å²) >= 11 is 0. The predicted molar refractivity (Wildman–Crippen MR) is 63.1 cm³/mol. The molecule has 1 saturated carbocycles. The molecular weight excluding hydrogens is 202 g/mol. The zero-order valence-electron chi connectivity index (χ0n) is 9.95. The van der Waals surface area contributed by atoms with Gasteiger partial charge in [-0.05, 0) is 44.2 Å². The summed E-state index contributed by atoms with van der Waals surface area (Å²) in [6.45, 7) is 5.36. The number of ether oxygens (including phenoxy) is 1. The molecule has 2 N–H and O–H groups in total. The molecule has 0 aromatic heterocycles. The smallest absolute Gasteiger partial charge is 0.127 e. The lowest BCUT2D eigenvalue weighted by molar-refractivity contribution is 0.121. The van der Waals surface area contributed by atoms with Crippen molar-refractivity contribution in [1.29, 1.82) is 0 Å². The van der Waals surface area contributed by atoms with E-state index in [0.717, 1.165) is 29.4 Å². The van der Waals surface area contributed by atoms with Crippen LogP contribution in [0.5, 0.6) is 5.75 Å². The fraction of sp³-hybridized carbons (Fsp3) is 0.538. The van der Waals surface area contributed by atoms with Gasteiger partial charge in [0.1, 0.15) is 5.75 Å². The Kier molecular flexibility index (Phi) is 3.46. The Hall–Kier alpha value is -1.06. The SMILES string of the molecule is Cc1cc(C)c(OCC2CC2)c(CON)c1. The largest absolute Gasteiger partial charge is 0.493 e. The molecule has 0 amide bonds. The van der Waals surface area contributed by atoms with Gasteiger partial charge in [0, 0.05) is 5.56 Å². The van der Waals surface area contributed by atoms with Gasteiger partial charge in [-0.25, -0.2) is 5.90 Å². The fourth-order valence-electron chi connectivity index (χ4n) is 1.93. The van der Waals surface area contributed by atoms with Gasteiger partial charge in [0.2, 0.25) is 0 Å². The van der Waals surface area contributed by atoms with E-state index in [1.165, 1.54) is 18.4 Å². The van der Waals surface area contributed by atoms with Crippen LogP contribution in [0.15, 0.2) is 12.1 Å². The average Bonchev–Trinajstić information content (AvgIpc) is 3.00. The van der Waals surface area contributed by atoms with E-state index in [0.29, 0.717) is 6.61 Å². The normalized spacial score (nSPS) is 15.2. The quantitative estimate of drug-likeness (QED) is 0.777. The van der Waals surface area contributed by atoms with Gasteiger partial charge in [-0.2, -0.15) is 0 Å². The number of hydrogen-bond acceptors (Lipinski definition) is 3. The van der Waals surface area contributed by atoms with E-state index >= 15 is 0 Å². The maximum absolute atomic E-state index is 5.86. The third-order valence-corrected chi connectivity index (χ3v) is 2.90. The van der Waals surface area contributed by atoms with Crippen molar-refractivity contribution in [2.24, 2.45) is 11.8 Å². The van der Waals surface area contributed by atoms with Crippen molar-refractivity contribution >= 4 is 0 Å². The fourth-order valence-corrected chi connectivity index (χ4v) is 1.93. The van der Waals surface area contributed by atoms with Crippen LogP contribution in [-0.4, -0.2) is 6.61 Å². The number of hydrogen-bond donors (Lipinski definition) is 1. The molecule has 16 heavy (non-hydrogen) atoms. The molecule has 0 saturated heterocycles. The molecule has 0 aliphatic heterocycles. The maximum atomic E-state index is 5.86. The van der Waals surface area contributed by atoms with Crippen LogP contribution >= 0.6 is 0 Å². The first-order chi connectivity index (χ1) is 7.70. The minimum Gasteiger partial charge on any atom is -0.493 e. The molecule has 88 valence electrons. The van der Waals surface area contributed by atoms with Crippen LogP contribution in [0.2, 0.25) is 0 Å². The highest BCUT2D eigenvalue weighted by Crippen LogP contribution is 2.32. The molecule has 0 bridgehead atoms. The van der Waals surface area contributed by atoms with Crippen molar-refractivity contribution in [3.05, 3.63) is 28.8 Å². The van der Waals surface area contributed by atoms with Crippen molar-refractivity contribution < 1.29 is 9.57 Å². The van der Waals surface area contributed by atoms with E-state index in [4.69, 9.17) is 15.5 Å². The highest BCUT2D eigenvalue weighted by Gasteiger charge is 2.22. The number of nitrogens with two attached hydrogens (primary N) is 1. The Labute approximate surface area is 96.5 Å². The zero-order valence-corrected chi connectivity index (χ0v) is 9.95. The minimum atomic E-state index is 0.405. The first kappa shape index (κ1) is 11.4. The van der Waals surface area contributed by atoms with E-state index in [1.807, 2.05) is 0 Å². The monoisotopic (exact) mass is 221 g/mol. The molecule has 0 heterocycles. The van der Waals surface area contributed by atoms with Crippen LogP contribution in [0, 0.1) is 19.8 Å². The van der Waals surface area contributed by atoms with Gasteiger partial charge in [0.15, 0.2) is 0 Å². The van der Waals surface area contributed by atoms with Crippen LogP contribution < -0.4 is 10.6 Å². The lowest BCUT2D eigenvalue weighted by Gasteiger charge is -2.14. The van der Waals surface area contributed by atoms with Crippen LogP contribution in [0.1, 0.15) is 29.5 Å². The number of rotatable bonds is 5. The summed E-state index contributed by atoms with van der Waals surface area (Å²) in [4.78, 5) is 4.72. The van der Waals surface area contributed by atoms with Crippen molar-refractivity contribution in [3.8, 4) is 5.75 Å². The zero-order chi connectivity index (χ0) is 11.5. The van der Waals surface area contributed by atoms with Gasteiger partial charge in [0.25, 0.3) is 0 Å². The van der Waals surface area contributed by atoms with Gasteiger partial charge in [-0.15, -0.1) is 0 Å².